The van der Waals surface area contributed by atoms with E-state index in [0.29, 0.717) is 5.69 Å². The highest BCUT2D eigenvalue weighted by Gasteiger charge is 2.26. The second-order valence-electron chi connectivity index (χ2n) is 6.72. The molecule has 2 aromatic carbocycles. The number of hydrogen-bond acceptors (Lipinski definition) is 4. The molecular formula is C21H23FN2O4. The molecule has 2 amide bonds. The Morgan fingerprint density at radius 1 is 1.00 bits per heavy atom. The summed E-state index contributed by atoms with van der Waals surface area (Å²) in [5, 5.41) is 5.19. The fraction of sp³-hybridized carbons (Fsp3) is 0.286. The Kier molecular flexibility index (Phi) is 7.26. The van der Waals surface area contributed by atoms with Crippen LogP contribution in [0, 0.1) is 18.7 Å². The maximum absolute atomic E-state index is 13.0. The van der Waals surface area contributed by atoms with Crippen LogP contribution in [0.15, 0.2) is 48.5 Å². The van der Waals surface area contributed by atoms with Gasteiger partial charge in [0.1, 0.15) is 11.9 Å². The number of amides is 2. The summed E-state index contributed by atoms with van der Waals surface area (Å²) < 4.78 is 18.0. The average Bonchev–Trinajstić information content (AvgIpc) is 2.66. The van der Waals surface area contributed by atoms with E-state index in [1.54, 1.807) is 26.0 Å². The van der Waals surface area contributed by atoms with Gasteiger partial charge in [-0.1, -0.05) is 31.5 Å². The number of carbonyl (C=O) groups excluding carboxylic acids is 3. The minimum atomic E-state index is -0.940. The molecule has 1 unspecified atom stereocenters. The maximum Gasteiger partial charge on any atom is 0.329 e. The van der Waals surface area contributed by atoms with Gasteiger partial charge in [0.25, 0.3) is 11.8 Å². The third kappa shape index (κ3) is 6.19. The number of ether oxygens (including phenoxy) is 1. The first-order valence-corrected chi connectivity index (χ1v) is 8.86. The van der Waals surface area contributed by atoms with Gasteiger partial charge in [-0.2, -0.15) is 0 Å². The van der Waals surface area contributed by atoms with E-state index in [0.717, 1.165) is 17.7 Å². The lowest BCUT2D eigenvalue weighted by molar-refractivity contribution is -0.150. The Morgan fingerprint density at radius 3 is 2.18 bits per heavy atom. The van der Waals surface area contributed by atoms with Crippen molar-refractivity contribution in [1.29, 1.82) is 0 Å². The van der Waals surface area contributed by atoms with Crippen molar-refractivity contribution in [2.75, 3.05) is 11.9 Å². The third-order valence-electron chi connectivity index (χ3n) is 3.99. The highest BCUT2D eigenvalue weighted by Crippen LogP contribution is 2.10. The monoisotopic (exact) mass is 386 g/mol. The summed E-state index contributed by atoms with van der Waals surface area (Å²) in [4.78, 5) is 36.6. The van der Waals surface area contributed by atoms with Crippen LogP contribution in [0.5, 0.6) is 0 Å². The Hall–Kier alpha value is -3.22. The molecule has 7 heteroatoms. The number of halogens is 1. The van der Waals surface area contributed by atoms with E-state index in [2.05, 4.69) is 10.6 Å². The SMILES string of the molecule is Cc1ccc(NC(=O)COC(=O)C(NC(=O)c2ccc(F)cc2)C(C)C)cc1. The zero-order valence-electron chi connectivity index (χ0n) is 16.0. The minimum Gasteiger partial charge on any atom is -0.454 e. The van der Waals surface area contributed by atoms with Crippen LogP contribution in [0.2, 0.25) is 0 Å². The lowest BCUT2D eigenvalue weighted by atomic mass is 10.0. The highest BCUT2D eigenvalue weighted by molar-refractivity contribution is 5.97. The van der Waals surface area contributed by atoms with E-state index >= 15 is 0 Å². The summed E-state index contributed by atoms with van der Waals surface area (Å²) in [7, 11) is 0. The third-order valence-corrected chi connectivity index (χ3v) is 3.99. The number of rotatable bonds is 7. The van der Waals surface area contributed by atoms with Crippen LogP contribution in [-0.4, -0.2) is 30.4 Å². The van der Waals surface area contributed by atoms with Gasteiger partial charge in [0, 0.05) is 11.3 Å². The average molecular weight is 386 g/mol. The summed E-state index contributed by atoms with van der Waals surface area (Å²) in [5.41, 5.74) is 1.87. The van der Waals surface area contributed by atoms with Gasteiger partial charge in [-0.25, -0.2) is 9.18 Å². The summed E-state index contributed by atoms with van der Waals surface area (Å²) in [6.07, 6.45) is 0. The van der Waals surface area contributed by atoms with Crippen LogP contribution in [-0.2, 0) is 14.3 Å². The fourth-order valence-electron chi connectivity index (χ4n) is 2.38. The van der Waals surface area contributed by atoms with Crippen LogP contribution < -0.4 is 10.6 Å². The van der Waals surface area contributed by atoms with E-state index in [4.69, 9.17) is 4.74 Å². The Morgan fingerprint density at radius 2 is 1.61 bits per heavy atom. The van der Waals surface area contributed by atoms with E-state index in [1.165, 1.54) is 12.1 Å². The summed E-state index contributed by atoms with van der Waals surface area (Å²) >= 11 is 0. The molecule has 2 N–H and O–H groups in total. The molecule has 0 aliphatic heterocycles. The van der Waals surface area contributed by atoms with E-state index in [-0.39, 0.29) is 11.5 Å². The predicted octanol–water partition coefficient (Wildman–Crippen LogP) is 3.07. The normalized spacial score (nSPS) is 11.6. The number of esters is 1. The smallest absolute Gasteiger partial charge is 0.329 e. The van der Waals surface area contributed by atoms with Crippen molar-refractivity contribution in [2.24, 2.45) is 5.92 Å². The molecule has 148 valence electrons. The molecule has 2 rings (SSSR count). The fourth-order valence-corrected chi connectivity index (χ4v) is 2.38. The number of hydrogen-bond donors (Lipinski definition) is 2. The van der Waals surface area contributed by atoms with Gasteiger partial charge in [0.15, 0.2) is 6.61 Å². The van der Waals surface area contributed by atoms with Crippen molar-refractivity contribution >= 4 is 23.5 Å². The summed E-state index contributed by atoms with van der Waals surface area (Å²) in [6.45, 7) is 4.94. The molecule has 2 aromatic rings. The molecule has 0 aliphatic rings. The van der Waals surface area contributed by atoms with Crippen LogP contribution in [0.25, 0.3) is 0 Å². The van der Waals surface area contributed by atoms with Gasteiger partial charge >= 0.3 is 5.97 Å². The van der Waals surface area contributed by atoms with Crippen LogP contribution in [0.4, 0.5) is 10.1 Å². The first kappa shape index (κ1) is 21.1. The number of carbonyl (C=O) groups is 3. The highest BCUT2D eigenvalue weighted by atomic mass is 19.1. The Bertz CT molecular complexity index is 832. The van der Waals surface area contributed by atoms with Gasteiger partial charge in [-0.05, 0) is 49.2 Å². The molecule has 0 radical (unpaired) electrons. The van der Waals surface area contributed by atoms with Gasteiger partial charge in [-0.15, -0.1) is 0 Å². The van der Waals surface area contributed by atoms with Gasteiger partial charge < -0.3 is 15.4 Å². The van der Waals surface area contributed by atoms with E-state index in [9.17, 15) is 18.8 Å². The first-order valence-electron chi connectivity index (χ1n) is 8.86. The molecule has 0 aliphatic carbocycles. The van der Waals surface area contributed by atoms with Crippen molar-refractivity contribution in [1.82, 2.24) is 5.32 Å². The largest absolute Gasteiger partial charge is 0.454 e. The van der Waals surface area contributed by atoms with Crippen LogP contribution in [0.3, 0.4) is 0 Å². The molecule has 0 fully saturated rings. The number of benzene rings is 2. The quantitative estimate of drug-likeness (QED) is 0.717. The van der Waals surface area contributed by atoms with Crippen LogP contribution >= 0.6 is 0 Å². The summed E-state index contributed by atoms with van der Waals surface area (Å²) in [5.74, 6) is -2.46. The number of aryl methyl sites for hydroxylation is 1. The first-order chi connectivity index (χ1) is 13.3. The molecule has 0 heterocycles. The summed E-state index contributed by atoms with van der Waals surface area (Å²) in [6, 6.07) is 11.2. The minimum absolute atomic E-state index is 0.219. The van der Waals surface area contributed by atoms with Crippen molar-refractivity contribution in [3.05, 3.63) is 65.5 Å². The molecule has 0 aromatic heterocycles. The maximum atomic E-state index is 13.0. The van der Waals surface area contributed by atoms with Gasteiger partial charge in [0.05, 0.1) is 0 Å². The van der Waals surface area contributed by atoms with Gasteiger partial charge in [-0.3, -0.25) is 9.59 Å². The lowest BCUT2D eigenvalue weighted by Gasteiger charge is -2.20. The zero-order chi connectivity index (χ0) is 20.7. The zero-order valence-corrected chi connectivity index (χ0v) is 16.0. The molecular weight excluding hydrogens is 363 g/mol. The molecule has 0 bridgehead atoms. The Labute approximate surface area is 163 Å². The second kappa shape index (κ2) is 9.64. The van der Waals surface area contributed by atoms with Gasteiger partial charge in [0.2, 0.25) is 0 Å². The number of nitrogens with one attached hydrogen (secondary N) is 2. The molecule has 1 atom stereocenters. The van der Waals surface area contributed by atoms with Crippen molar-refractivity contribution < 1.29 is 23.5 Å². The molecule has 28 heavy (non-hydrogen) atoms. The topological polar surface area (TPSA) is 84.5 Å². The Balaban J connectivity index is 1.91. The number of anilines is 1. The van der Waals surface area contributed by atoms with E-state index < -0.39 is 36.2 Å². The van der Waals surface area contributed by atoms with Crippen molar-refractivity contribution in [2.45, 2.75) is 26.8 Å². The van der Waals surface area contributed by atoms with Crippen molar-refractivity contribution in [3.63, 3.8) is 0 Å². The second-order valence-corrected chi connectivity index (χ2v) is 6.72. The lowest BCUT2D eigenvalue weighted by Crippen LogP contribution is -2.45. The van der Waals surface area contributed by atoms with Crippen molar-refractivity contribution in [3.8, 4) is 0 Å². The van der Waals surface area contributed by atoms with E-state index in [1.807, 2.05) is 19.1 Å². The molecule has 6 nitrogen and oxygen atoms in total. The van der Waals surface area contributed by atoms with Crippen LogP contribution in [0.1, 0.15) is 29.8 Å². The predicted molar refractivity (Wildman–Crippen MR) is 103 cm³/mol. The molecule has 0 spiro atoms. The molecule has 0 saturated carbocycles. The standard InChI is InChI=1S/C21H23FN2O4/c1-13(2)19(24-20(26)15-6-8-16(22)9-7-15)21(27)28-12-18(25)23-17-10-4-14(3)5-11-17/h4-11,13,19H,12H2,1-3H3,(H,23,25)(H,24,26). The molecule has 0 saturated heterocycles.